The number of aryl methyl sites for hydroxylation is 1. The average molecular weight is 508 g/mol. The number of methoxy groups -OCH3 is 2. The van der Waals surface area contributed by atoms with Gasteiger partial charge in [-0.3, -0.25) is 4.79 Å². The van der Waals surface area contributed by atoms with Crippen molar-refractivity contribution in [1.29, 1.82) is 0 Å². The molecule has 2 heterocycles. The summed E-state index contributed by atoms with van der Waals surface area (Å²) in [6.07, 6.45) is 0.767. The van der Waals surface area contributed by atoms with Crippen LogP contribution in [0.1, 0.15) is 21.6 Å². The van der Waals surface area contributed by atoms with Gasteiger partial charge in [-0.2, -0.15) is 0 Å². The van der Waals surface area contributed by atoms with Crippen molar-refractivity contribution in [1.82, 2.24) is 15.2 Å². The first-order valence-corrected chi connectivity index (χ1v) is 12.6. The van der Waals surface area contributed by atoms with Crippen LogP contribution in [-0.2, 0) is 19.5 Å². The Morgan fingerprint density at radius 3 is 2.63 bits per heavy atom. The molecule has 0 radical (unpaired) electrons. The lowest BCUT2D eigenvalue weighted by molar-refractivity contribution is 0.354. The molecule has 2 aromatic carbocycles. The molecule has 0 saturated heterocycles. The summed E-state index contributed by atoms with van der Waals surface area (Å²) < 4.78 is 10.7. The maximum atomic E-state index is 12.9. The Balaban J connectivity index is 1.48. The van der Waals surface area contributed by atoms with E-state index in [9.17, 15) is 4.79 Å². The van der Waals surface area contributed by atoms with E-state index >= 15 is 0 Å². The second-order valence-electron chi connectivity index (χ2n) is 8.32. The lowest BCUT2D eigenvalue weighted by Crippen LogP contribution is -2.40. The minimum atomic E-state index is -0.0904. The number of benzene rings is 2. The summed E-state index contributed by atoms with van der Waals surface area (Å²) >= 11 is 7.45. The molecule has 0 aliphatic rings. The van der Waals surface area contributed by atoms with E-state index in [1.54, 1.807) is 25.6 Å². The van der Waals surface area contributed by atoms with Gasteiger partial charge >= 0.3 is 0 Å². The Hall–Kier alpha value is -3.36. The molecule has 4 rings (SSSR count). The lowest BCUT2D eigenvalue weighted by Gasteiger charge is -2.25. The molecular formula is C27H29N3O3S2. The van der Waals surface area contributed by atoms with Crippen LogP contribution in [0.15, 0.2) is 64.8 Å². The second-order valence-corrected chi connectivity index (χ2v) is 9.74. The predicted molar refractivity (Wildman–Crippen MR) is 147 cm³/mol. The van der Waals surface area contributed by atoms with Gasteiger partial charge in [0.15, 0.2) is 16.6 Å². The van der Waals surface area contributed by atoms with Gasteiger partial charge in [-0.1, -0.05) is 24.3 Å². The van der Waals surface area contributed by atoms with E-state index < -0.39 is 0 Å². The number of rotatable bonds is 9. The number of aromatic nitrogens is 1. The number of fused-ring (bicyclic) bond motifs is 1. The largest absolute Gasteiger partial charge is 0.493 e. The minimum absolute atomic E-state index is 0.0904. The molecule has 6 nitrogen and oxygen atoms in total. The number of thiophene rings is 1. The zero-order chi connectivity index (χ0) is 24.8. The number of ether oxygens (including phenoxy) is 2. The monoisotopic (exact) mass is 507 g/mol. The normalized spacial score (nSPS) is 10.8. The molecule has 4 aromatic rings. The molecule has 8 heteroatoms. The number of hydrogen-bond donors (Lipinski definition) is 2. The second kappa shape index (κ2) is 11.4. The molecule has 182 valence electrons. The minimum Gasteiger partial charge on any atom is -0.493 e. The Morgan fingerprint density at radius 1 is 1.06 bits per heavy atom. The SMILES string of the molecule is COc1ccc(CCNC(=S)N(Cc2cccs2)Cc2cc3ccc(C)cc3[nH]c2=O)cc1OC. The van der Waals surface area contributed by atoms with Gasteiger partial charge in [-0.15, -0.1) is 11.3 Å². The highest BCUT2D eigenvalue weighted by molar-refractivity contribution is 7.80. The van der Waals surface area contributed by atoms with Crippen LogP contribution < -0.4 is 20.3 Å². The molecule has 0 unspecified atom stereocenters. The summed E-state index contributed by atoms with van der Waals surface area (Å²) in [5.74, 6) is 1.41. The molecule has 2 N–H and O–H groups in total. The number of thiocarbonyl (C=S) groups is 1. The molecular weight excluding hydrogens is 478 g/mol. The van der Waals surface area contributed by atoms with E-state index in [2.05, 4.69) is 16.4 Å². The maximum absolute atomic E-state index is 12.9. The molecule has 0 bridgehead atoms. The van der Waals surface area contributed by atoms with Crippen LogP contribution in [0.3, 0.4) is 0 Å². The van der Waals surface area contributed by atoms with Crippen molar-refractivity contribution in [3.8, 4) is 11.5 Å². The van der Waals surface area contributed by atoms with Gasteiger partial charge in [0.1, 0.15) is 0 Å². The average Bonchev–Trinajstić information content (AvgIpc) is 3.37. The van der Waals surface area contributed by atoms with Crippen molar-refractivity contribution < 1.29 is 9.47 Å². The van der Waals surface area contributed by atoms with Crippen molar-refractivity contribution in [2.75, 3.05) is 20.8 Å². The zero-order valence-electron chi connectivity index (χ0n) is 20.1. The summed E-state index contributed by atoms with van der Waals surface area (Å²) in [6, 6.07) is 18.0. The van der Waals surface area contributed by atoms with E-state index in [-0.39, 0.29) is 5.56 Å². The fourth-order valence-corrected chi connectivity index (χ4v) is 4.89. The predicted octanol–water partition coefficient (Wildman–Crippen LogP) is 5.03. The molecule has 2 aromatic heterocycles. The molecule has 0 aliphatic carbocycles. The topological polar surface area (TPSA) is 66.6 Å². The van der Waals surface area contributed by atoms with Crippen molar-refractivity contribution >= 4 is 39.6 Å². The van der Waals surface area contributed by atoms with Gasteiger partial charge in [0.2, 0.25) is 0 Å². The number of H-pyrrole nitrogens is 1. The van der Waals surface area contributed by atoms with Crippen LogP contribution in [0, 0.1) is 6.92 Å². The van der Waals surface area contributed by atoms with Crippen molar-refractivity contribution in [3.63, 3.8) is 0 Å². The smallest absolute Gasteiger partial charge is 0.253 e. The number of nitrogens with one attached hydrogen (secondary N) is 2. The maximum Gasteiger partial charge on any atom is 0.253 e. The van der Waals surface area contributed by atoms with E-state index in [1.165, 1.54) is 4.88 Å². The molecule has 0 aliphatic heterocycles. The third-order valence-electron chi connectivity index (χ3n) is 5.79. The van der Waals surface area contributed by atoms with E-state index in [0.29, 0.717) is 41.8 Å². The molecule has 0 saturated carbocycles. The van der Waals surface area contributed by atoms with E-state index in [0.717, 1.165) is 28.5 Å². The molecule has 0 spiro atoms. The summed E-state index contributed by atoms with van der Waals surface area (Å²) in [5.41, 5.74) is 3.66. The highest BCUT2D eigenvalue weighted by atomic mass is 32.1. The van der Waals surface area contributed by atoms with Crippen molar-refractivity contribution in [2.24, 2.45) is 0 Å². The van der Waals surface area contributed by atoms with Gasteiger partial charge in [0.05, 0.1) is 27.3 Å². The van der Waals surface area contributed by atoms with Crippen molar-refractivity contribution in [2.45, 2.75) is 26.4 Å². The van der Waals surface area contributed by atoms with Gasteiger partial charge < -0.3 is 24.7 Å². The quantitative estimate of drug-likeness (QED) is 0.310. The van der Waals surface area contributed by atoms with Crippen molar-refractivity contribution in [3.05, 3.63) is 91.9 Å². The standard InChI is InChI=1S/C27H29N3O3S2/c1-18-6-8-20-15-21(26(31)29-23(20)13-18)16-30(17-22-5-4-12-35-22)27(34)28-11-10-19-7-9-24(32-2)25(14-19)33-3/h4-9,12-15H,10-11,16-17H2,1-3H3,(H,28,34)(H,29,31). The van der Waals surface area contributed by atoms with Gasteiger partial charge in [0, 0.05) is 22.5 Å². The zero-order valence-corrected chi connectivity index (χ0v) is 21.7. The highest BCUT2D eigenvalue weighted by Gasteiger charge is 2.15. The van der Waals surface area contributed by atoms with Crippen LogP contribution in [0.2, 0.25) is 0 Å². The molecule has 0 amide bonds. The third kappa shape index (κ3) is 6.21. The Morgan fingerprint density at radius 2 is 1.89 bits per heavy atom. The summed E-state index contributed by atoms with van der Waals surface area (Å²) in [6.45, 7) is 3.72. The van der Waals surface area contributed by atoms with E-state index in [4.69, 9.17) is 21.7 Å². The van der Waals surface area contributed by atoms with Crippen LogP contribution in [0.4, 0.5) is 0 Å². The first-order chi connectivity index (χ1) is 17.0. The van der Waals surface area contributed by atoms with Crippen LogP contribution in [-0.4, -0.2) is 35.8 Å². The van der Waals surface area contributed by atoms with Crippen LogP contribution in [0.25, 0.3) is 10.9 Å². The fourth-order valence-electron chi connectivity index (χ4n) is 3.94. The third-order valence-corrected chi connectivity index (χ3v) is 7.06. The van der Waals surface area contributed by atoms with Gasteiger partial charge in [0.25, 0.3) is 5.56 Å². The number of pyridine rings is 1. The number of aromatic amines is 1. The Bertz CT molecular complexity index is 1370. The summed E-state index contributed by atoms with van der Waals surface area (Å²) in [5, 5.41) is 7.04. The number of hydrogen-bond acceptors (Lipinski definition) is 5. The first-order valence-electron chi connectivity index (χ1n) is 11.4. The summed E-state index contributed by atoms with van der Waals surface area (Å²) in [4.78, 5) is 19.1. The van der Waals surface area contributed by atoms with Crippen LogP contribution >= 0.6 is 23.6 Å². The van der Waals surface area contributed by atoms with Gasteiger partial charge in [-0.25, -0.2) is 0 Å². The lowest BCUT2D eigenvalue weighted by atomic mass is 10.1. The Kier molecular flexibility index (Phi) is 8.05. The van der Waals surface area contributed by atoms with E-state index in [1.807, 2.05) is 65.7 Å². The van der Waals surface area contributed by atoms with Gasteiger partial charge in [-0.05, 0) is 77.8 Å². The molecule has 0 fully saturated rings. The number of nitrogens with zero attached hydrogens (tertiary/aromatic N) is 1. The highest BCUT2D eigenvalue weighted by Crippen LogP contribution is 2.27. The fraction of sp³-hybridized carbons (Fsp3) is 0.259. The molecule has 35 heavy (non-hydrogen) atoms. The molecule has 0 atom stereocenters. The summed E-state index contributed by atoms with van der Waals surface area (Å²) in [7, 11) is 3.26. The Labute approximate surface area is 214 Å². The first kappa shape index (κ1) is 24.8. The van der Waals surface area contributed by atoms with Crippen LogP contribution in [0.5, 0.6) is 11.5 Å².